The molecule has 0 fully saturated rings. The van der Waals surface area contributed by atoms with Crippen LogP contribution in [0.4, 0.5) is 0 Å². The van der Waals surface area contributed by atoms with Crippen LogP contribution in [0.25, 0.3) is 0 Å². The van der Waals surface area contributed by atoms with Gasteiger partial charge in [-0.2, -0.15) is 0 Å². The molecular weight excluding hydrogens is 148 g/mol. The molecule has 1 rings (SSSR count). The molecule has 0 aliphatic heterocycles. The summed E-state index contributed by atoms with van der Waals surface area (Å²) in [7, 11) is 1.75. The van der Waals surface area contributed by atoms with Gasteiger partial charge in [-0.1, -0.05) is 29.8 Å². The van der Waals surface area contributed by atoms with E-state index in [1.54, 1.807) is 7.11 Å². The fraction of sp³-hybridized carbons (Fsp3) is 0.455. The summed E-state index contributed by atoms with van der Waals surface area (Å²) in [5.74, 6) is 0. The van der Waals surface area contributed by atoms with E-state index >= 15 is 0 Å². The summed E-state index contributed by atoms with van der Waals surface area (Å²) in [5.41, 5.74) is 2.75. The van der Waals surface area contributed by atoms with Crippen molar-refractivity contribution in [1.29, 1.82) is 0 Å². The molecule has 0 N–H and O–H groups in total. The van der Waals surface area contributed by atoms with Gasteiger partial charge in [0, 0.05) is 13.7 Å². The van der Waals surface area contributed by atoms with Crippen LogP contribution in [0.1, 0.15) is 17.5 Å². The highest BCUT2D eigenvalue weighted by Crippen LogP contribution is 2.06. The first-order valence-electron chi connectivity index (χ1n) is 4.37. The molecule has 0 radical (unpaired) electrons. The summed E-state index contributed by atoms with van der Waals surface area (Å²) in [6.45, 7) is 2.98. The zero-order chi connectivity index (χ0) is 8.81. The lowest BCUT2D eigenvalue weighted by molar-refractivity contribution is 0.195. The molecule has 0 heterocycles. The topological polar surface area (TPSA) is 9.23 Å². The Morgan fingerprint density at radius 1 is 1.33 bits per heavy atom. The molecule has 0 aliphatic carbocycles. The molecule has 0 unspecified atom stereocenters. The van der Waals surface area contributed by atoms with Crippen LogP contribution in [-0.2, 0) is 11.2 Å². The molecule has 1 nitrogen and oxygen atoms in total. The van der Waals surface area contributed by atoms with E-state index in [4.69, 9.17) is 4.74 Å². The molecule has 0 atom stereocenters. The van der Waals surface area contributed by atoms with Crippen LogP contribution in [0.3, 0.4) is 0 Å². The predicted molar refractivity (Wildman–Crippen MR) is 51.4 cm³/mol. The van der Waals surface area contributed by atoms with Gasteiger partial charge >= 0.3 is 0 Å². The van der Waals surface area contributed by atoms with Crippen molar-refractivity contribution in [3.63, 3.8) is 0 Å². The van der Waals surface area contributed by atoms with E-state index in [9.17, 15) is 0 Å². The fourth-order valence-corrected chi connectivity index (χ4v) is 1.29. The Hall–Kier alpha value is -0.820. The van der Waals surface area contributed by atoms with E-state index in [-0.39, 0.29) is 0 Å². The number of methoxy groups -OCH3 is 1. The van der Waals surface area contributed by atoms with Crippen LogP contribution >= 0.6 is 0 Å². The summed E-state index contributed by atoms with van der Waals surface area (Å²) < 4.78 is 4.99. The van der Waals surface area contributed by atoms with Crippen molar-refractivity contribution in [1.82, 2.24) is 0 Å². The van der Waals surface area contributed by atoms with Gasteiger partial charge in [-0.15, -0.1) is 0 Å². The van der Waals surface area contributed by atoms with Crippen molar-refractivity contribution in [3.05, 3.63) is 35.4 Å². The molecule has 0 spiro atoms. The maximum Gasteiger partial charge on any atom is 0.0465 e. The number of ether oxygens (including phenoxy) is 1. The van der Waals surface area contributed by atoms with Crippen LogP contribution in [0.15, 0.2) is 24.3 Å². The number of benzene rings is 1. The second-order valence-electron chi connectivity index (χ2n) is 3.09. The fourth-order valence-electron chi connectivity index (χ4n) is 1.29. The summed E-state index contributed by atoms with van der Waals surface area (Å²) >= 11 is 0. The standard InChI is InChI=1S/C11H16O/c1-10-5-3-6-11(9-10)7-4-8-12-2/h3,5-6,9H,4,7-8H2,1-2H3. The SMILES string of the molecule is COCCCc1cccc(C)c1. The van der Waals surface area contributed by atoms with Crippen LogP contribution in [-0.4, -0.2) is 13.7 Å². The van der Waals surface area contributed by atoms with Crippen molar-refractivity contribution in [2.45, 2.75) is 19.8 Å². The highest BCUT2D eigenvalue weighted by molar-refractivity contribution is 5.22. The van der Waals surface area contributed by atoms with Gasteiger partial charge in [0.1, 0.15) is 0 Å². The lowest BCUT2D eigenvalue weighted by Gasteiger charge is -2.01. The van der Waals surface area contributed by atoms with Crippen LogP contribution in [0.2, 0.25) is 0 Å². The Kier molecular flexibility index (Phi) is 3.81. The van der Waals surface area contributed by atoms with Gasteiger partial charge in [-0.05, 0) is 25.3 Å². The lowest BCUT2D eigenvalue weighted by atomic mass is 10.1. The number of hydrogen-bond donors (Lipinski definition) is 0. The predicted octanol–water partition coefficient (Wildman–Crippen LogP) is 2.57. The Labute approximate surface area is 74.4 Å². The smallest absolute Gasteiger partial charge is 0.0465 e. The molecular formula is C11H16O. The van der Waals surface area contributed by atoms with E-state index < -0.39 is 0 Å². The molecule has 0 aromatic heterocycles. The van der Waals surface area contributed by atoms with Gasteiger partial charge in [-0.25, -0.2) is 0 Å². The van der Waals surface area contributed by atoms with E-state index in [1.807, 2.05) is 0 Å². The van der Waals surface area contributed by atoms with Gasteiger partial charge in [0.05, 0.1) is 0 Å². The minimum atomic E-state index is 0.855. The quantitative estimate of drug-likeness (QED) is 0.621. The summed E-state index contributed by atoms with van der Waals surface area (Å²) in [5, 5.41) is 0. The summed E-state index contributed by atoms with van der Waals surface area (Å²) in [6, 6.07) is 8.63. The first kappa shape index (κ1) is 9.27. The number of rotatable bonds is 4. The number of aryl methyl sites for hydroxylation is 2. The van der Waals surface area contributed by atoms with Crippen molar-refractivity contribution in [2.24, 2.45) is 0 Å². The third-order valence-electron chi connectivity index (χ3n) is 1.90. The van der Waals surface area contributed by atoms with Crippen LogP contribution in [0, 0.1) is 6.92 Å². The van der Waals surface area contributed by atoms with Crippen molar-refractivity contribution < 1.29 is 4.74 Å². The minimum Gasteiger partial charge on any atom is -0.385 e. The van der Waals surface area contributed by atoms with Crippen LogP contribution in [0.5, 0.6) is 0 Å². The van der Waals surface area contributed by atoms with Gasteiger partial charge in [0.15, 0.2) is 0 Å². The first-order chi connectivity index (χ1) is 5.83. The Morgan fingerprint density at radius 2 is 2.17 bits per heavy atom. The van der Waals surface area contributed by atoms with E-state index in [1.165, 1.54) is 11.1 Å². The van der Waals surface area contributed by atoms with E-state index in [2.05, 4.69) is 31.2 Å². The van der Waals surface area contributed by atoms with Crippen molar-refractivity contribution in [3.8, 4) is 0 Å². The Balaban J connectivity index is 2.41. The molecule has 0 saturated carbocycles. The average molecular weight is 164 g/mol. The van der Waals surface area contributed by atoms with Gasteiger partial charge in [-0.3, -0.25) is 0 Å². The zero-order valence-electron chi connectivity index (χ0n) is 7.84. The maximum absolute atomic E-state index is 4.99. The molecule has 0 saturated heterocycles. The normalized spacial score (nSPS) is 10.2. The van der Waals surface area contributed by atoms with E-state index in [0.717, 1.165) is 19.4 Å². The Morgan fingerprint density at radius 3 is 2.83 bits per heavy atom. The molecule has 66 valence electrons. The molecule has 1 aromatic carbocycles. The monoisotopic (exact) mass is 164 g/mol. The largest absolute Gasteiger partial charge is 0.385 e. The third-order valence-corrected chi connectivity index (χ3v) is 1.90. The lowest BCUT2D eigenvalue weighted by Crippen LogP contribution is -1.92. The first-order valence-corrected chi connectivity index (χ1v) is 4.37. The molecule has 1 heteroatoms. The third kappa shape index (κ3) is 3.05. The molecule has 1 aromatic rings. The minimum absolute atomic E-state index is 0.855. The summed E-state index contributed by atoms with van der Waals surface area (Å²) in [6.07, 6.45) is 2.23. The molecule has 0 aliphatic rings. The second-order valence-corrected chi connectivity index (χ2v) is 3.09. The molecule has 12 heavy (non-hydrogen) atoms. The highest BCUT2D eigenvalue weighted by atomic mass is 16.5. The summed E-state index contributed by atoms with van der Waals surface area (Å²) in [4.78, 5) is 0. The maximum atomic E-state index is 4.99. The second kappa shape index (κ2) is 4.94. The van der Waals surface area contributed by atoms with Gasteiger partial charge < -0.3 is 4.74 Å². The average Bonchev–Trinajstić information content (AvgIpc) is 2.05. The van der Waals surface area contributed by atoms with E-state index in [0.29, 0.717) is 0 Å². The molecule has 0 bridgehead atoms. The van der Waals surface area contributed by atoms with Crippen molar-refractivity contribution in [2.75, 3.05) is 13.7 Å². The van der Waals surface area contributed by atoms with Gasteiger partial charge in [0.25, 0.3) is 0 Å². The Bertz CT molecular complexity index is 230. The number of hydrogen-bond acceptors (Lipinski definition) is 1. The van der Waals surface area contributed by atoms with Crippen LogP contribution < -0.4 is 0 Å². The molecule has 0 amide bonds. The zero-order valence-corrected chi connectivity index (χ0v) is 7.84. The van der Waals surface area contributed by atoms with Gasteiger partial charge in [0.2, 0.25) is 0 Å². The highest BCUT2D eigenvalue weighted by Gasteiger charge is 1.92. The van der Waals surface area contributed by atoms with Crippen molar-refractivity contribution >= 4 is 0 Å².